The molecular weight excluding hydrogens is 192 g/mol. The van der Waals surface area contributed by atoms with Crippen molar-refractivity contribution in [1.29, 1.82) is 0 Å². The van der Waals surface area contributed by atoms with Crippen LogP contribution in [0.2, 0.25) is 12.1 Å². The van der Waals surface area contributed by atoms with E-state index < -0.39 is 9.04 Å². The summed E-state index contributed by atoms with van der Waals surface area (Å²) < 4.78 is 11.1. The smallest absolute Gasteiger partial charge is 0.180 e. The van der Waals surface area contributed by atoms with Crippen molar-refractivity contribution in [2.45, 2.75) is 53.0 Å². The molecule has 1 atom stereocenters. The molecule has 0 fully saturated rings. The quantitative estimate of drug-likeness (QED) is 0.483. The topological polar surface area (TPSA) is 18.5 Å². The Balaban J connectivity index is 3.96. The van der Waals surface area contributed by atoms with E-state index in [0.717, 1.165) is 11.8 Å². The maximum Gasteiger partial charge on any atom is 0.180 e. The first kappa shape index (κ1) is 14.1. The minimum atomic E-state index is -1.05. The zero-order valence-electron chi connectivity index (χ0n) is 10.5. The average Bonchev–Trinajstić information content (AvgIpc) is 2.01. The van der Waals surface area contributed by atoms with Crippen molar-refractivity contribution in [3.8, 4) is 0 Å². The second-order valence-electron chi connectivity index (χ2n) is 4.82. The van der Waals surface area contributed by atoms with Gasteiger partial charge in [0.15, 0.2) is 9.04 Å². The van der Waals surface area contributed by atoms with Gasteiger partial charge in [0.25, 0.3) is 0 Å². The molecule has 0 spiro atoms. The van der Waals surface area contributed by atoms with Gasteiger partial charge < -0.3 is 9.16 Å². The van der Waals surface area contributed by atoms with Crippen LogP contribution in [0.25, 0.3) is 0 Å². The highest BCUT2D eigenvalue weighted by Gasteiger charge is 2.18. The summed E-state index contributed by atoms with van der Waals surface area (Å²) in [7, 11) is 0.659. The largest absolute Gasteiger partial charge is 0.396 e. The number of ether oxygens (including phenoxy) is 1. The average molecular weight is 218 g/mol. The summed E-state index contributed by atoms with van der Waals surface area (Å²) in [4.78, 5) is 0. The Morgan fingerprint density at radius 1 is 0.929 bits per heavy atom. The molecular formula is C11H26O2Si. The molecule has 0 saturated carbocycles. The van der Waals surface area contributed by atoms with Gasteiger partial charge in [-0.15, -0.1) is 0 Å². The number of hydrogen-bond donors (Lipinski definition) is 0. The van der Waals surface area contributed by atoms with Crippen molar-refractivity contribution < 1.29 is 9.16 Å². The Morgan fingerprint density at radius 2 is 1.36 bits per heavy atom. The fourth-order valence-electron chi connectivity index (χ4n) is 1.59. The molecule has 3 heteroatoms. The summed E-state index contributed by atoms with van der Waals surface area (Å²) in [6.07, 6.45) is -0.0239. The maximum atomic E-state index is 5.94. The molecule has 0 aromatic heterocycles. The number of methoxy groups -OCH3 is 1. The van der Waals surface area contributed by atoms with Gasteiger partial charge in [-0.3, -0.25) is 0 Å². The van der Waals surface area contributed by atoms with E-state index in [1.165, 1.54) is 12.1 Å². The van der Waals surface area contributed by atoms with Crippen LogP contribution in [-0.4, -0.2) is 22.4 Å². The van der Waals surface area contributed by atoms with Crippen LogP contribution >= 0.6 is 0 Å². The molecule has 0 aliphatic heterocycles. The second kappa shape index (κ2) is 7.43. The maximum absolute atomic E-state index is 5.94. The molecule has 0 saturated heterocycles. The third-order valence-electron chi connectivity index (χ3n) is 2.18. The van der Waals surface area contributed by atoms with Gasteiger partial charge in [0, 0.05) is 7.11 Å². The lowest BCUT2D eigenvalue weighted by Crippen LogP contribution is -2.27. The summed E-state index contributed by atoms with van der Waals surface area (Å²) in [6.45, 7) is 11.0. The van der Waals surface area contributed by atoms with Crippen molar-refractivity contribution in [2.24, 2.45) is 11.8 Å². The van der Waals surface area contributed by atoms with Crippen LogP contribution < -0.4 is 0 Å². The molecule has 0 aromatic rings. The minimum Gasteiger partial charge on any atom is -0.396 e. The summed E-state index contributed by atoms with van der Waals surface area (Å²) in [5.74, 6) is 1.49. The third kappa shape index (κ3) is 7.53. The zero-order chi connectivity index (χ0) is 11.1. The van der Waals surface area contributed by atoms with Crippen molar-refractivity contribution in [3.05, 3.63) is 0 Å². The Kier molecular flexibility index (Phi) is 7.50. The van der Waals surface area contributed by atoms with Crippen LogP contribution in [0.1, 0.15) is 34.6 Å². The number of hydrogen-bond acceptors (Lipinski definition) is 2. The van der Waals surface area contributed by atoms with Gasteiger partial charge in [-0.25, -0.2) is 0 Å². The fraction of sp³-hybridized carbons (Fsp3) is 1.00. The Bertz CT molecular complexity index is 127. The van der Waals surface area contributed by atoms with Crippen molar-refractivity contribution >= 4 is 9.04 Å². The van der Waals surface area contributed by atoms with Gasteiger partial charge in [0.2, 0.25) is 0 Å². The van der Waals surface area contributed by atoms with Crippen LogP contribution in [0.15, 0.2) is 0 Å². The predicted octanol–water partition coefficient (Wildman–Crippen LogP) is 3.03. The molecule has 14 heavy (non-hydrogen) atoms. The highest BCUT2D eigenvalue weighted by molar-refractivity contribution is 6.51. The first-order chi connectivity index (χ1) is 6.45. The molecule has 0 amide bonds. The van der Waals surface area contributed by atoms with Gasteiger partial charge in [-0.1, -0.05) is 27.7 Å². The van der Waals surface area contributed by atoms with E-state index in [-0.39, 0.29) is 6.29 Å². The Labute approximate surface area is 90.7 Å². The summed E-state index contributed by atoms with van der Waals surface area (Å²) in [5, 5.41) is 0. The molecule has 0 rings (SSSR count). The van der Waals surface area contributed by atoms with Gasteiger partial charge in [0.1, 0.15) is 6.29 Å². The van der Waals surface area contributed by atoms with Crippen LogP contribution in [0.5, 0.6) is 0 Å². The van der Waals surface area contributed by atoms with E-state index in [0.29, 0.717) is 0 Å². The van der Waals surface area contributed by atoms with Crippen LogP contribution in [0.4, 0.5) is 0 Å². The van der Waals surface area contributed by atoms with Crippen molar-refractivity contribution in [2.75, 3.05) is 7.11 Å². The van der Waals surface area contributed by atoms with Gasteiger partial charge >= 0.3 is 0 Å². The molecule has 0 heterocycles. The van der Waals surface area contributed by atoms with E-state index in [1.54, 1.807) is 7.11 Å². The molecule has 0 aliphatic rings. The lowest BCUT2D eigenvalue weighted by atomic mass is 10.3. The molecule has 0 bridgehead atoms. The Morgan fingerprint density at radius 3 is 1.64 bits per heavy atom. The van der Waals surface area contributed by atoms with Gasteiger partial charge in [-0.05, 0) is 30.8 Å². The summed E-state index contributed by atoms with van der Waals surface area (Å²) in [5.41, 5.74) is 0. The van der Waals surface area contributed by atoms with Crippen LogP contribution in [0, 0.1) is 11.8 Å². The second-order valence-corrected chi connectivity index (χ2v) is 7.28. The first-order valence-corrected chi connectivity index (χ1v) is 7.74. The normalized spacial score (nSPS) is 14.4. The van der Waals surface area contributed by atoms with Gasteiger partial charge in [-0.2, -0.15) is 0 Å². The zero-order valence-corrected chi connectivity index (χ0v) is 11.7. The van der Waals surface area contributed by atoms with E-state index in [9.17, 15) is 0 Å². The van der Waals surface area contributed by atoms with E-state index in [2.05, 4.69) is 27.7 Å². The molecule has 0 aromatic carbocycles. The van der Waals surface area contributed by atoms with E-state index >= 15 is 0 Å². The molecule has 2 nitrogen and oxygen atoms in total. The Hall–Kier alpha value is 0.137. The third-order valence-corrected chi connectivity index (χ3v) is 5.89. The minimum absolute atomic E-state index is 0.0239. The highest BCUT2D eigenvalue weighted by Crippen LogP contribution is 2.16. The van der Waals surface area contributed by atoms with Gasteiger partial charge in [0.05, 0.1) is 0 Å². The first-order valence-electron chi connectivity index (χ1n) is 5.64. The molecule has 1 unspecified atom stereocenters. The lowest BCUT2D eigenvalue weighted by Gasteiger charge is -2.23. The van der Waals surface area contributed by atoms with Crippen molar-refractivity contribution in [1.82, 2.24) is 0 Å². The van der Waals surface area contributed by atoms with E-state index in [4.69, 9.17) is 9.16 Å². The standard InChI is InChI=1S/C11H26O2Si/c1-9(2)7-14(8-10(3)4)13-11(5)12-6/h9-11,14H,7-8H2,1-6H3. The molecule has 0 N–H and O–H groups in total. The molecule has 0 radical (unpaired) electrons. The van der Waals surface area contributed by atoms with Crippen LogP contribution in [0.3, 0.4) is 0 Å². The van der Waals surface area contributed by atoms with E-state index in [1.807, 2.05) is 6.92 Å². The van der Waals surface area contributed by atoms with Crippen LogP contribution in [-0.2, 0) is 9.16 Å². The van der Waals surface area contributed by atoms with Crippen molar-refractivity contribution in [3.63, 3.8) is 0 Å². The summed E-state index contributed by atoms with van der Waals surface area (Å²) in [6, 6.07) is 2.51. The lowest BCUT2D eigenvalue weighted by molar-refractivity contribution is -0.0421. The number of rotatable bonds is 7. The SMILES string of the molecule is COC(C)O[SiH](CC(C)C)CC(C)C. The monoisotopic (exact) mass is 218 g/mol. The highest BCUT2D eigenvalue weighted by atomic mass is 28.3. The molecule has 0 aliphatic carbocycles. The fourth-order valence-corrected chi connectivity index (χ4v) is 4.76. The predicted molar refractivity (Wildman–Crippen MR) is 64.0 cm³/mol. The molecule has 86 valence electrons. The summed E-state index contributed by atoms with van der Waals surface area (Å²) >= 11 is 0.